The summed E-state index contributed by atoms with van der Waals surface area (Å²) in [5, 5.41) is 7.35. The van der Waals surface area contributed by atoms with Crippen molar-refractivity contribution in [1.29, 1.82) is 0 Å². The van der Waals surface area contributed by atoms with Crippen molar-refractivity contribution < 1.29 is 4.11 Å². The van der Waals surface area contributed by atoms with Crippen LogP contribution in [0.5, 0.6) is 0 Å². The number of benzene rings is 1. The number of aliphatic imine (C=N–C) groups is 2. The lowest BCUT2D eigenvalue weighted by Crippen LogP contribution is -2.33. The minimum absolute atomic E-state index is 0.210. The molecule has 0 aromatic heterocycles. The van der Waals surface area contributed by atoms with E-state index in [0.717, 1.165) is 5.69 Å². The van der Waals surface area contributed by atoms with Crippen molar-refractivity contribution in [3.05, 3.63) is 42.7 Å². The number of amidine groups is 1. The normalized spacial score (nSPS) is 25.2. The van der Waals surface area contributed by atoms with Crippen LogP contribution in [0.15, 0.2) is 57.8 Å². The fourth-order valence-electron chi connectivity index (χ4n) is 1.55. The molecule has 5 nitrogen and oxygen atoms in total. The Balaban J connectivity index is 1.88. The van der Waals surface area contributed by atoms with E-state index in [0.29, 0.717) is 11.8 Å². The summed E-state index contributed by atoms with van der Waals surface area (Å²) in [5.74, 6) is 1.05. The van der Waals surface area contributed by atoms with Gasteiger partial charge in [-0.1, -0.05) is 18.2 Å². The van der Waals surface area contributed by atoms with Crippen LogP contribution in [0, 0.1) is 0 Å². The number of anilines is 1. The predicted octanol–water partition coefficient (Wildman–Crippen LogP) is 2.31. The van der Waals surface area contributed by atoms with Gasteiger partial charge in [-0.05, 0) is 21.3 Å². The van der Waals surface area contributed by atoms with E-state index in [1.54, 1.807) is 18.6 Å². The van der Waals surface area contributed by atoms with Crippen LogP contribution in [0.25, 0.3) is 0 Å². The molecule has 1 atom stereocenters. The molecule has 0 fully saturated rings. The average Bonchev–Trinajstić information content (AvgIpc) is 2.66. The lowest BCUT2D eigenvalue weighted by Gasteiger charge is -2.12. The topological polar surface area (TPSA) is 49.1 Å². The summed E-state index contributed by atoms with van der Waals surface area (Å²) < 4.78 is -0.210. The van der Waals surface area contributed by atoms with E-state index < -0.39 is 0 Å². The number of fused-ring (bicyclic) bond motifs is 1. The standard InChI is InChI=1S/C11H9ClN5/c12-17-7-6-13-8-10(17)15-11(16-17)14-9-4-2-1-3-5-9/h1-8H,(H,14,16)/q+1. The summed E-state index contributed by atoms with van der Waals surface area (Å²) >= 11 is 6.23. The Morgan fingerprint density at radius 2 is 2.00 bits per heavy atom. The van der Waals surface area contributed by atoms with E-state index in [9.17, 15) is 0 Å². The minimum atomic E-state index is -0.210. The van der Waals surface area contributed by atoms with Gasteiger partial charge in [-0.3, -0.25) is 4.99 Å². The zero-order chi connectivity index (χ0) is 11.7. The maximum absolute atomic E-state index is 6.23. The van der Waals surface area contributed by atoms with E-state index in [-0.39, 0.29) is 4.11 Å². The van der Waals surface area contributed by atoms with Crippen LogP contribution in [-0.2, 0) is 0 Å². The van der Waals surface area contributed by atoms with Crippen molar-refractivity contribution in [2.24, 2.45) is 15.1 Å². The average molecular weight is 247 g/mol. The molecule has 0 spiro atoms. The van der Waals surface area contributed by atoms with Gasteiger partial charge in [0.2, 0.25) is 11.8 Å². The quantitative estimate of drug-likeness (QED) is 0.760. The highest BCUT2D eigenvalue weighted by atomic mass is 35.5. The molecule has 2 aliphatic rings. The van der Waals surface area contributed by atoms with E-state index in [1.807, 2.05) is 30.3 Å². The van der Waals surface area contributed by atoms with Crippen LogP contribution >= 0.6 is 11.8 Å². The molecule has 1 aromatic carbocycles. The van der Waals surface area contributed by atoms with E-state index in [4.69, 9.17) is 11.8 Å². The van der Waals surface area contributed by atoms with Gasteiger partial charge in [0.15, 0.2) is 6.20 Å². The number of para-hydroxylation sites is 1. The number of hydrogen-bond acceptors (Lipinski definition) is 4. The Labute approximate surface area is 103 Å². The zero-order valence-corrected chi connectivity index (χ0v) is 9.54. The Morgan fingerprint density at radius 1 is 1.18 bits per heavy atom. The molecule has 6 heteroatoms. The molecule has 0 saturated carbocycles. The Bertz CT molecular complexity index is 560. The third kappa shape index (κ3) is 1.86. The second-order valence-corrected chi connectivity index (χ2v) is 4.08. The molecule has 1 aromatic rings. The fourth-order valence-corrected chi connectivity index (χ4v) is 1.75. The number of guanidine groups is 1. The largest absolute Gasteiger partial charge is 0.320 e. The van der Waals surface area contributed by atoms with Gasteiger partial charge in [0.05, 0.1) is 6.20 Å². The maximum Gasteiger partial charge on any atom is 0.300 e. The third-order valence-corrected chi connectivity index (χ3v) is 2.71. The van der Waals surface area contributed by atoms with Crippen LogP contribution < -0.4 is 5.32 Å². The molecule has 0 saturated heterocycles. The molecule has 3 rings (SSSR count). The van der Waals surface area contributed by atoms with Crippen LogP contribution in [0.1, 0.15) is 0 Å². The number of rotatable bonds is 1. The molecule has 1 N–H and O–H groups in total. The van der Waals surface area contributed by atoms with Crippen LogP contribution in [0.4, 0.5) is 5.69 Å². The summed E-state index contributed by atoms with van der Waals surface area (Å²) in [6, 6.07) is 9.68. The summed E-state index contributed by atoms with van der Waals surface area (Å²) in [7, 11) is 0. The van der Waals surface area contributed by atoms with Crippen molar-refractivity contribution >= 4 is 35.5 Å². The van der Waals surface area contributed by atoms with Gasteiger partial charge >= 0.3 is 0 Å². The highest BCUT2D eigenvalue weighted by Crippen LogP contribution is 2.24. The monoisotopic (exact) mass is 246 g/mol. The van der Waals surface area contributed by atoms with E-state index in [1.165, 1.54) is 0 Å². The lowest BCUT2D eigenvalue weighted by molar-refractivity contribution is -0.659. The van der Waals surface area contributed by atoms with Crippen LogP contribution in [0.3, 0.4) is 0 Å². The molecular formula is C11H9ClN5+. The van der Waals surface area contributed by atoms with E-state index in [2.05, 4.69) is 20.4 Å². The van der Waals surface area contributed by atoms with Gasteiger partial charge in [-0.25, -0.2) is 0 Å². The van der Waals surface area contributed by atoms with Gasteiger partial charge < -0.3 is 5.32 Å². The van der Waals surface area contributed by atoms with Crippen molar-refractivity contribution in [2.45, 2.75) is 0 Å². The molecule has 2 heterocycles. The first-order chi connectivity index (χ1) is 8.26. The minimum Gasteiger partial charge on any atom is -0.320 e. The molecule has 0 amide bonds. The predicted molar refractivity (Wildman–Crippen MR) is 68.7 cm³/mol. The summed E-state index contributed by atoms with van der Waals surface area (Å²) in [5.41, 5.74) is 0.916. The number of hydrogen-bond donors (Lipinski definition) is 1. The third-order valence-electron chi connectivity index (χ3n) is 2.35. The number of quaternary nitrogens is 1. The van der Waals surface area contributed by atoms with Crippen LogP contribution in [0.2, 0.25) is 0 Å². The first kappa shape index (κ1) is 10.2. The second kappa shape index (κ2) is 3.80. The first-order valence-electron chi connectivity index (χ1n) is 5.07. The van der Waals surface area contributed by atoms with Gasteiger partial charge in [-0.2, -0.15) is 0 Å². The summed E-state index contributed by atoms with van der Waals surface area (Å²) in [4.78, 5) is 8.24. The van der Waals surface area contributed by atoms with Crippen LogP contribution in [-0.4, -0.2) is 22.1 Å². The van der Waals surface area contributed by atoms with Crippen molar-refractivity contribution in [3.63, 3.8) is 0 Å². The second-order valence-electron chi connectivity index (χ2n) is 3.56. The van der Waals surface area contributed by atoms with Gasteiger partial charge in [0.25, 0.3) is 11.8 Å². The zero-order valence-electron chi connectivity index (χ0n) is 8.79. The first-order valence-corrected chi connectivity index (χ1v) is 5.41. The molecule has 2 aliphatic heterocycles. The summed E-state index contributed by atoms with van der Waals surface area (Å²) in [6.45, 7) is 0. The number of nitrogens with zero attached hydrogens (tertiary/aromatic N) is 4. The van der Waals surface area contributed by atoms with Gasteiger partial charge in [0.1, 0.15) is 6.21 Å². The molecular weight excluding hydrogens is 238 g/mol. The molecule has 84 valence electrons. The van der Waals surface area contributed by atoms with Crippen molar-refractivity contribution in [3.8, 4) is 0 Å². The smallest absolute Gasteiger partial charge is 0.300 e. The Morgan fingerprint density at radius 3 is 2.76 bits per heavy atom. The fraction of sp³-hybridized carbons (Fsp3) is 0. The van der Waals surface area contributed by atoms with E-state index >= 15 is 0 Å². The van der Waals surface area contributed by atoms with Gasteiger partial charge in [0, 0.05) is 5.69 Å². The van der Waals surface area contributed by atoms with Crippen molar-refractivity contribution in [1.82, 2.24) is 0 Å². The lowest BCUT2D eigenvalue weighted by atomic mass is 10.3. The molecule has 0 bridgehead atoms. The highest BCUT2D eigenvalue weighted by molar-refractivity contribution is 6.36. The highest BCUT2D eigenvalue weighted by Gasteiger charge is 2.39. The SMILES string of the molecule is Cl[N+]12C=CN=CC1=NC(Nc1ccccc1)=N2. The number of halogens is 1. The molecule has 1 unspecified atom stereocenters. The molecule has 0 radical (unpaired) electrons. The maximum atomic E-state index is 6.23. The van der Waals surface area contributed by atoms with Crippen molar-refractivity contribution in [2.75, 3.05) is 5.32 Å². The Hall–Kier alpha value is -1.98. The van der Waals surface area contributed by atoms with Gasteiger partial charge in [-0.15, -0.1) is 4.99 Å². The Kier molecular flexibility index (Phi) is 2.28. The molecule has 0 aliphatic carbocycles. The molecule has 17 heavy (non-hydrogen) atoms. The summed E-state index contributed by atoms with van der Waals surface area (Å²) in [6.07, 6.45) is 4.84. The number of nitrogens with one attached hydrogen (secondary N) is 1.